The second-order valence-corrected chi connectivity index (χ2v) is 4.62. The van der Waals surface area contributed by atoms with E-state index in [9.17, 15) is 4.79 Å². The van der Waals surface area contributed by atoms with Crippen LogP contribution in [0.25, 0.3) is 0 Å². The van der Waals surface area contributed by atoms with E-state index in [4.69, 9.17) is 4.74 Å². The van der Waals surface area contributed by atoms with Crippen molar-refractivity contribution in [2.24, 2.45) is 0 Å². The van der Waals surface area contributed by atoms with Gasteiger partial charge >= 0.3 is 0 Å². The molecule has 0 aliphatic carbocycles. The average molecular weight is 254 g/mol. The van der Waals surface area contributed by atoms with E-state index in [1.54, 1.807) is 7.11 Å². The largest absolute Gasteiger partial charge is 0.497 e. The van der Waals surface area contributed by atoms with Crippen LogP contribution in [0, 0.1) is 6.92 Å². The highest BCUT2D eigenvalue weighted by Crippen LogP contribution is 2.17. The molecule has 0 bridgehead atoms. The summed E-state index contributed by atoms with van der Waals surface area (Å²) in [6.07, 6.45) is 2.72. The van der Waals surface area contributed by atoms with Crippen LogP contribution in [0.2, 0.25) is 0 Å². The Hall–Kier alpha value is -2.09. The zero-order valence-electron chi connectivity index (χ0n) is 11.3. The quantitative estimate of drug-likeness (QED) is 0.762. The molecule has 0 saturated carbocycles. The lowest BCUT2D eigenvalue weighted by Crippen LogP contribution is -1.98. The van der Waals surface area contributed by atoms with E-state index >= 15 is 0 Å². The highest BCUT2D eigenvalue weighted by Gasteiger charge is 2.05. The molecule has 0 amide bonds. The number of aldehydes is 1. The molecule has 0 aliphatic heterocycles. The molecule has 19 heavy (non-hydrogen) atoms. The summed E-state index contributed by atoms with van der Waals surface area (Å²) in [5.74, 6) is 0.873. The summed E-state index contributed by atoms with van der Waals surface area (Å²) in [7, 11) is 1.67. The van der Waals surface area contributed by atoms with Crippen molar-refractivity contribution in [1.29, 1.82) is 0 Å². The Morgan fingerprint density at radius 2 is 1.89 bits per heavy atom. The van der Waals surface area contributed by atoms with Gasteiger partial charge in [-0.25, -0.2) is 0 Å². The van der Waals surface area contributed by atoms with Crippen molar-refractivity contribution in [3.8, 4) is 5.75 Å². The Labute approximate surface area is 114 Å². The zero-order valence-corrected chi connectivity index (χ0v) is 11.3. The number of hydrogen-bond donors (Lipinski definition) is 0. The number of carbonyl (C=O) groups excluding carboxylic acids is 1. The molecular formula is C17H18O2. The molecule has 0 atom stereocenters. The van der Waals surface area contributed by atoms with Gasteiger partial charge < -0.3 is 4.74 Å². The van der Waals surface area contributed by atoms with Crippen LogP contribution >= 0.6 is 0 Å². The fourth-order valence-corrected chi connectivity index (χ4v) is 2.24. The number of ether oxygens (including phenoxy) is 1. The van der Waals surface area contributed by atoms with Crippen LogP contribution in [0.4, 0.5) is 0 Å². The number of hydrogen-bond acceptors (Lipinski definition) is 2. The third-order valence-electron chi connectivity index (χ3n) is 3.35. The van der Waals surface area contributed by atoms with Crippen LogP contribution in [0.1, 0.15) is 27.0 Å². The van der Waals surface area contributed by atoms with Crippen LogP contribution in [-0.2, 0) is 12.8 Å². The van der Waals surface area contributed by atoms with Gasteiger partial charge in [0, 0.05) is 5.56 Å². The molecule has 2 rings (SSSR count). The Bertz CT molecular complexity index is 573. The predicted molar refractivity (Wildman–Crippen MR) is 77.0 cm³/mol. The molecule has 0 spiro atoms. The van der Waals surface area contributed by atoms with Crippen molar-refractivity contribution in [3.05, 3.63) is 64.7 Å². The molecule has 0 radical (unpaired) electrons. The van der Waals surface area contributed by atoms with Gasteiger partial charge in [0.25, 0.3) is 0 Å². The van der Waals surface area contributed by atoms with Gasteiger partial charge in [0.1, 0.15) is 5.75 Å². The number of carbonyl (C=O) groups is 1. The maximum Gasteiger partial charge on any atom is 0.150 e. The molecule has 0 aliphatic rings. The van der Waals surface area contributed by atoms with Crippen LogP contribution in [0.5, 0.6) is 5.75 Å². The summed E-state index contributed by atoms with van der Waals surface area (Å²) in [6, 6.07) is 14.0. The smallest absolute Gasteiger partial charge is 0.150 e. The first-order valence-electron chi connectivity index (χ1n) is 6.41. The predicted octanol–water partition coefficient (Wildman–Crippen LogP) is 3.60. The number of aryl methyl sites for hydroxylation is 3. The van der Waals surface area contributed by atoms with Crippen LogP contribution in [-0.4, -0.2) is 13.4 Å². The van der Waals surface area contributed by atoms with Crippen molar-refractivity contribution >= 4 is 6.29 Å². The summed E-state index contributed by atoms with van der Waals surface area (Å²) in [4.78, 5) is 11.1. The fourth-order valence-electron chi connectivity index (χ4n) is 2.24. The Balaban J connectivity index is 2.14. The summed E-state index contributed by atoms with van der Waals surface area (Å²) in [5.41, 5.74) is 4.19. The molecule has 0 aromatic heterocycles. The summed E-state index contributed by atoms with van der Waals surface area (Å²) in [5, 5.41) is 0. The molecule has 0 fully saturated rings. The summed E-state index contributed by atoms with van der Waals surface area (Å²) < 4.78 is 5.21. The molecule has 2 aromatic rings. The van der Waals surface area contributed by atoms with Gasteiger partial charge in [-0.1, -0.05) is 30.3 Å². The Morgan fingerprint density at radius 1 is 1.11 bits per heavy atom. The monoisotopic (exact) mass is 254 g/mol. The lowest BCUT2D eigenvalue weighted by atomic mass is 9.97. The van der Waals surface area contributed by atoms with E-state index in [0.717, 1.165) is 41.6 Å². The van der Waals surface area contributed by atoms with Gasteiger partial charge in [-0.3, -0.25) is 4.79 Å². The lowest BCUT2D eigenvalue weighted by Gasteiger charge is -2.08. The van der Waals surface area contributed by atoms with Crippen molar-refractivity contribution < 1.29 is 9.53 Å². The second-order valence-electron chi connectivity index (χ2n) is 4.62. The molecule has 0 heterocycles. The van der Waals surface area contributed by atoms with Crippen LogP contribution in [0.3, 0.4) is 0 Å². The van der Waals surface area contributed by atoms with Gasteiger partial charge in [-0.15, -0.1) is 0 Å². The van der Waals surface area contributed by atoms with E-state index in [0.29, 0.717) is 0 Å². The molecule has 2 heteroatoms. The van der Waals surface area contributed by atoms with E-state index in [-0.39, 0.29) is 0 Å². The average Bonchev–Trinajstić information content (AvgIpc) is 2.45. The number of benzene rings is 2. The van der Waals surface area contributed by atoms with E-state index in [2.05, 4.69) is 6.07 Å². The maximum absolute atomic E-state index is 11.1. The van der Waals surface area contributed by atoms with Gasteiger partial charge in [0.15, 0.2) is 6.29 Å². The third kappa shape index (κ3) is 3.22. The highest BCUT2D eigenvalue weighted by atomic mass is 16.5. The van der Waals surface area contributed by atoms with Gasteiger partial charge in [0.05, 0.1) is 7.11 Å². The minimum Gasteiger partial charge on any atom is -0.497 e. The lowest BCUT2D eigenvalue weighted by molar-refractivity contribution is 0.112. The van der Waals surface area contributed by atoms with Crippen molar-refractivity contribution in [3.63, 3.8) is 0 Å². The highest BCUT2D eigenvalue weighted by molar-refractivity contribution is 5.79. The first-order valence-corrected chi connectivity index (χ1v) is 6.41. The topological polar surface area (TPSA) is 26.3 Å². The Kier molecular flexibility index (Phi) is 4.35. The van der Waals surface area contributed by atoms with E-state index < -0.39 is 0 Å². The molecule has 0 unspecified atom stereocenters. The third-order valence-corrected chi connectivity index (χ3v) is 3.35. The van der Waals surface area contributed by atoms with Crippen molar-refractivity contribution in [2.75, 3.05) is 7.11 Å². The first kappa shape index (κ1) is 13.3. The minimum atomic E-state index is 0.824. The van der Waals surface area contributed by atoms with Gasteiger partial charge in [0.2, 0.25) is 0 Å². The number of methoxy groups -OCH3 is 1. The maximum atomic E-state index is 11.1. The Morgan fingerprint density at radius 3 is 2.63 bits per heavy atom. The molecule has 2 aromatic carbocycles. The van der Waals surface area contributed by atoms with Crippen molar-refractivity contribution in [2.45, 2.75) is 19.8 Å². The van der Waals surface area contributed by atoms with Gasteiger partial charge in [-0.05, 0) is 48.6 Å². The van der Waals surface area contributed by atoms with Crippen molar-refractivity contribution in [1.82, 2.24) is 0 Å². The standard InChI is InChI=1S/C17H18O2/c1-13-5-3-7-15(17(13)12-18)10-9-14-6-4-8-16(11-14)19-2/h3-8,11-12H,9-10H2,1-2H3. The minimum absolute atomic E-state index is 0.824. The first-order chi connectivity index (χ1) is 9.24. The number of rotatable bonds is 5. The normalized spacial score (nSPS) is 10.2. The molecule has 2 nitrogen and oxygen atoms in total. The summed E-state index contributed by atoms with van der Waals surface area (Å²) in [6.45, 7) is 1.97. The SMILES string of the molecule is COc1cccc(CCc2cccc(C)c2C=O)c1. The molecular weight excluding hydrogens is 236 g/mol. The van der Waals surface area contributed by atoms with E-state index in [1.165, 1.54) is 5.56 Å². The summed E-state index contributed by atoms with van der Waals surface area (Å²) >= 11 is 0. The molecule has 98 valence electrons. The van der Waals surface area contributed by atoms with Crippen LogP contribution < -0.4 is 4.74 Å². The van der Waals surface area contributed by atoms with Gasteiger partial charge in [-0.2, -0.15) is 0 Å². The fraction of sp³-hybridized carbons (Fsp3) is 0.235. The second kappa shape index (κ2) is 6.19. The molecule has 0 N–H and O–H groups in total. The van der Waals surface area contributed by atoms with Crippen LogP contribution in [0.15, 0.2) is 42.5 Å². The van der Waals surface area contributed by atoms with E-state index in [1.807, 2.05) is 43.3 Å². The molecule has 0 saturated heterocycles. The zero-order chi connectivity index (χ0) is 13.7.